The Labute approximate surface area is 350 Å². The smallest absolute Gasteiger partial charge is 0.306 e. The predicted molar refractivity (Wildman–Crippen MR) is 242 cm³/mol. The second-order valence-electron chi connectivity index (χ2n) is 15.1. The van der Waals surface area contributed by atoms with E-state index in [0.29, 0.717) is 19.3 Å². The Kier molecular flexibility index (Phi) is 42.6. The average molecular weight is 793 g/mol. The molecule has 0 aromatic rings. The number of allylic oxidation sites excluding steroid dienone is 14. The highest BCUT2D eigenvalue weighted by atomic mass is 16.6. The summed E-state index contributed by atoms with van der Waals surface area (Å²) < 4.78 is 16.7. The molecule has 0 aliphatic heterocycles. The lowest BCUT2D eigenvalue weighted by Gasteiger charge is -2.18. The number of esters is 3. The van der Waals surface area contributed by atoms with Gasteiger partial charge in [-0.3, -0.25) is 14.4 Å². The predicted octanol–water partition coefficient (Wildman–Crippen LogP) is 14.9. The Hall–Kier alpha value is -3.41. The zero-order valence-corrected chi connectivity index (χ0v) is 36.8. The van der Waals surface area contributed by atoms with Crippen LogP contribution in [0.25, 0.3) is 0 Å². The van der Waals surface area contributed by atoms with Crippen LogP contribution in [-0.4, -0.2) is 37.2 Å². The first-order valence-corrected chi connectivity index (χ1v) is 23.2. The molecule has 6 heteroatoms. The summed E-state index contributed by atoms with van der Waals surface area (Å²) >= 11 is 0. The van der Waals surface area contributed by atoms with Gasteiger partial charge in [0.15, 0.2) is 6.10 Å². The highest BCUT2D eigenvalue weighted by Crippen LogP contribution is 2.14. The molecule has 0 rings (SSSR count). The van der Waals surface area contributed by atoms with Crippen LogP contribution in [-0.2, 0) is 28.6 Å². The normalized spacial score (nSPS) is 12.8. The quantitative estimate of drug-likeness (QED) is 0.0266. The lowest BCUT2D eigenvalue weighted by Crippen LogP contribution is -2.30. The van der Waals surface area contributed by atoms with E-state index in [1.165, 1.54) is 64.2 Å². The summed E-state index contributed by atoms with van der Waals surface area (Å²) in [5, 5.41) is 0. The molecule has 0 aromatic heterocycles. The molecule has 57 heavy (non-hydrogen) atoms. The van der Waals surface area contributed by atoms with Crippen LogP contribution in [0.15, 0.2) is 85.1 Å². The van der Waals surface area contributed by atoms with Crippen LogP contribution in [0.2, 0.25) is 0 Å². The van der Waals surface area contributed by atoms with Gasteiger partial charge in [-0.05, 0) is 57.8 Å². The van der Waals surface area contributed by atoms with Gasteiger partial charge in [0.1, 0.15) is 13.2 Å². The molecule has 0 aliphatic rings. The van der Waals surface area contributed by atoms with Crippen molar-refractivity contribution >= 4 is 17.9 Å². The Bertz CT molecular complexity index is 1140. The third-order valence-electron chi connectivity index (χ3n) is 9.55. The number of carbonyl (C=O) groups excluding carboxylic acids is 3. The molecule has 6 nitrogen and oxygen atoms in total. The van der Waals surface area contributed by atoms with Crippen LogP contribution >= 0.6 is 0 Å². The minimum atomic E-state index is -0.789. The van der Waals surface area contributed by atoms with Gasteiger partial charge in [0.25, 0.3) is 0 Å². The van der Waals surface area contributed by atoms with Crippen LogP contribution in [0.5, 0.6) is 0 Å². The second-order valence-corrected chi connectivity index (χ2v) is 15.1. The molecule has 0 aliphatic carbocycles. The molecule has 0 bridgehead atoms. The number of rotatable bonds is 40. The molecular formula is C51H84O6. The fraction of sp³-hybridized carbons (Fsp3) is 0.667. The molecule has 1 unspecified atom stereocenters. The molecule has 0 radical (unpaired) electrons. The van der Waals surface area contributed by atoms with Gasteiger partial charge in [-0.25, -0.2) is 0 Å². The molecule has 0 spiro atoms. The van der Waals surface area contributed by atoms with E-state index in [1.54, 1.807) is 0 Å². The van der Waals surface area contributed by atoms with Crippen molar-refractivity contribution in [2.45, 2.75) is 207 Å². The fourth-order valence-corrected chi connectivity index (χ4v) is 6.10. The van der Waals surface area contributed by atoms with E-state index in [2.05, 4.69) is 81.5 Å². The van der Waals surface area contributed by atoms with E-state index in [1.807, 2.05) is 24.3 Å². The van der Waals surface area contributed by atoms with Gasteiger partial charge in [-0.2, -0.15) is 0 Å². The van der Waals surface area contributed by atoms with Crippen molar-refractivity contribution in [3.63, 3.8) is 0 Å². The SMILES string of the molecule is CC\C=C/C=C\C=C/C=C\CCCCCCCC(=O)OCC(COC(=O)CCCCCCCCCCC)OC(=O)CCCCCCCCC\C=C/C=C\C=C/CC. The monoisotopic (exact) mass is 793 g/mol. The zero-order chi connectivity index (χ0) is 41.5. The average Bonchev–Trinajstić information content (AvgIpc) is 3.21. The highest BCUT2D eigenvalue weighted by Gasteiger charge is 2.19. The first-order chi connectivity index (χ1) is 28.0. The van der Waals surface area contributed by atoms with Crippen molar-refractivity contribution in [1.82, 2.24) is 0 Å². The van der Waals surface area contributed by atoms with E-state index in [0.717, 1.165) is 96.3 Å². The number of hydrogen-bond donors (Lipinski definition) is 0. The van der Waals surface area contributed by atoms with E-state index in [-0.39, 0.29) is 31.1 Å². The van der Waals surface area contributed by atoms with Crippen molar-refractivity contribution < 1.29 is 28.6 Å². The molecule has 324 valence electrons. The lowest BCUT2D eigenvalue weighted by atomic mass is 10.1. The minimum absolute atomic E-state index is 0.0894. The van der Waals surface area contributed by atoms with Crippen LogP contribution < -0.4 is 0 Å². The van der Waals surface area contributed by atoms with Gasteiger partial charge >= 0.3 is 17.9 Å². The Balaban J connectivity index is 4.43. The van der Waals surface area contributed by atoms with Crippen LogP contribution in [0.4, 0.5) is 0 Å². The van der Waals surface area contributed by atoms with Crippen molar-refractivity contribution in [2.75, 3.05) is 13.2 Å². The van der Waals surface area contributed by atoms with Gasteiger partial charge in [0, 0.05) is 19.3 Å². The molecular weight excluding hydrogens is 709 g/mol. The zero-order valence-electron chi connectivity index (χ0n) is 36.8. The van der Waals surface area contributed by atoms with Crippen LogP contribution in [0, 0.1) is 0 Å². The summed E-state index contributed by atoms with van der Waals surface area (Å²) in [6.45, 7) is 6.30. The maximum Gasteiger partial charge on any atom is 0.306 e. The van der Waals surface area contributed by atoms with Gasteiger partial charge in [-0.15, -0.1) is 0 Å². The van der Waals surface area contributed by atoms with Crippen molar-refractivity contribution in [1.29, 1.82) is 0 Å². The molecule has 0 aromatic carbocycles. The van der Waals surface area contributed by atoms with Crippen molar-refractivity contribution in [3.05, 3.63) is 85.1 Å². The van der Waals surface area contributed by atoms with E-state index in [4.69, 9.17) is 14.2 Å². The van der Waals surface area contributed by atoms with Crippen molar-refractivity contribution in [2.24, 2.45) is 0 Å². The number of hydrogen-bond acceptors (Lipinski definition) is 6. The van der Waals surface area contributed by atoms with Gasteiger partial charge < -0.3 is 14.2 Å². The Morgan fingerprint density at radius 1 is 0.368 bits per heavy atom. The van der Waals surface area contributed by atoms with Gasteiger partial charge in [0.2, 0.25) is 0 Å². The first kappa shape index (κ1) is 53.6. The summed E-state index contributed by atoms with van der Waals surface area (Å²) in [6.07, 6.45) is 57.0. The fourth-order valence-electron chi connectivity index (χ4n) is 6.10. The molecule has 0 N–H and O–H groups in total. The van der Waals surface area contributed by atoms with E-state index >= 15 is 0 Å². The summed E-state index contributed by atoms with van der Waals surface area (Å²) in [7, 11) is 0. The molecule has 1 atom stereocenters. The molecule has 0 saturated heterocycles. The standard InChI is InChI=1S/C51H84O6/c1-4-7-10-13-16-19-21-23-25-27-29-32-35-38-41-44-50(53)56-47-48(46-55-49(52)43-40-37-34-31-18-15-12-9-6-3)57-51(54)45-42-39-36-33-30-28-26-24-22-20-17-14-11-8-5-2/h7-8,10-11,13-14,16-17,19-23,25,48H,4-6,9,12,15,18,24,26-47H2,1-3H3/b10-7-,11-8-,16-13-,17-14-,21-19-,22-20-,25-23-. The topological polar surface area (TPSA) is 78.9 Å². The van der Waals surface area contributed by atoms with Gasteiger partial charge in [-0.1, -0.05) is 209 Å². The maximum absolute atomic E-state index is 12.7. The van der Waals surface area contributed by atoms with Crippen LogP contribution in [0.1, 0.15) is 201 Å². The second kappa shape index (κ2) is 45.3. The third kappa shape index (κ3) is 43.6. The Morgan fingerprint density at radius 2 is 0.684 bits per heavy atom. The first-order valence-electron chi connectivity index (χ1n) is 23.2. The largest absolute Gasteiger partial charge is 0.462 e. The molecule has 0 fully saturated rings. The Morgan fingerprint density at radius 3 is 1.07 bits per heavy atom. The summed E-state index contributed by atoms with van der Waals surface area (Å²) in [4.78, 5) is 37.7. The van der Waals surface area contributed by atoms with E-state index in [9.17, 15) is 14.4 Å². The molecule has 0 amide bonds. The number of unbranched alkanes of at least 4 members (excludes halogenated alkanes) is 20. The lowest BCUT2D eigenvalue weighted by molar-refractivity contribution is -0.167. The van der Waals surface area contributed by atoms with Crippen LogP contribution in [0.3, 0.4) is 0 Å². The highest BCUT2D eigenvalue weighted by molar-refractivity contribution is 5.71. The third-order valence-corrected chi connectivity index (χ3v) is 9.55. The number of ether oxygens (including phenoxy) is 3. The van der Waals surface area contributed by atoms with Crippen molar-refractivity contribution in [3.8, 4) is 0 Å². The maximum atomic E-state index is 12.7. The number of carbonyl (C=O) groups is 3. The molecule has 0 saturated carbocycles. The van der Waals surface area contributed by atoms with E-state index < -0.39 is 6.10 Å². The summed E-state index contributed by atoms with van der Waals surface area (Å²) in [5.74, 6) is -0.934. The molecule has 0 heterocycles. The minimum Gasteiger partial charge on any atom is -0.462 e. The summed E-state index contributed by atoms with van der Waals surface area (Å²) in [6, 6.07) is 0. The summed E-state index contributed by atoms with van der Waals surface area (Å²) in [5.41, 5.74) is 0. The van der Waals surface area contributed by atoms with Gasteiger partial charge in [0.05, 0.1) is 0 Å².